The highest BCUT2D eigenvalue weighted by Gasteiger charge is 2.12. The molecular formula is C15H16O3S. The molecule has 0 aliphatic carbocycles. The summed E-state index contributed by atoms with van der Waals surface area (Å²) in [7, 11) is 1.62. The minimum absolute atomic E-state index is 0.0379. The molecule has 0 spiro atoms. The summed E-state index contributed by atoms with van der Waals surface area (Å²) in [6.45, 7) is 0. The lowest BCUT2D eigenvalue weighted by atomic mass is 9.98. The van der Waals surface area contributed by atoms with E-state index in [9.17, 15) is 4.79 Å². The second-order valence-electron chi connectivity index (χ2n) is 4.30. The van der Waals surface area contributed by atoms with Gasteiger partial charge in [-0.05, 0) is 52.4 Å². The molecule has 100 valence electrons. The summed E-state index contributed by atoms with van der Waals surface area (Å²) in [6, 6.07) is 7.68. The van der Waals surface area contributed by atoms with Gasteiger partial charge in [0.25, 0.3) is 0 Å². The van der Waals surface area contributed by atoms with Crippen LogP contribution in [0.15, 0.2) is 35.0 Å². The van der Waals surface area contributed by atoms with E-state index in [-0.39, 0.29) is 6.42 Å². The van der Waals surface area contributed by atoms with Gasteiger partial charge in [-0.25, -0.2) is 0 Å². The number of aliphatic carboxylic acids is 1. The average molecular weight is 276 g/mol. The van der Waals surface area contributed by atoms with Crippen LogP contribution in [0.25, 0.3) is 0 Å². The number of methoxy groups -OCH3 is 1. The van der Waals surface area contributed by atoms with E-state index in [2.05, 4.69) is 16.8 Å². The van der Waals surface area contributed by atoms with Gasteiger partial charge in [-0.3, -0.25) is 4.79 Å². The molecule has 0 aliphatic rings. The molecule has 0 bridgehead atoms. The van der Waals surface area contributed by atoms with Gasteiger partial charge in [-0.15, -0.1) is 0 Å². The largest absolute Gasteiger partial charge is 0.496 e. The Morgan fingerprint density at radius 1 is 1.32 bits per heavy atom. The number of thiophene rings is 1. The SMILES string of the molecule is COc1cccc(CC(=O)O)c1CCc1ccsc1. The third-order valence-electron chi connectivity index (χ3n) is 3.04. The molecule has 0 aliphatic heterocycles. The van der Waals surface area contributed by atoms with Crippen LogP contribution in [0.5, 0.6) is 5.75 Å². The third kappa shape index (κ3) is 3.58. The fourth-order valence-corrected chi connectivity index (χ4v) is 2.82. The van der Waals surface area contributed by atoms with Gasteiger partial charge in [0, 0.05) is 0 Å². The van der Waals surface area contributed by atoms with Crippen molar-refractivity contribution in [2.24, 2.45) is 0 Å². The van der Waals surface area contributed by atoms with Gasteiger partial charge in [0.1, 0.15) is 5.75 Å². The van der Waals surface area contributed by atoms with E-state index in [4.69, 9.17) is 9.84 Å². The van der Waals surface area contributed by atoms with E-state index in [1.165, 1.54) is 5.56 Å². The number of carbonyl (C=O) groups is 1. The zero-order valence-electron chi connectivity index (χ0n) is 10.8. The second kappa shape index (κ2) is 6.38. The number of ether oxygens (including phenoxy) is 1. The Morgan fingerprint density at radius 2 is 2.16 bits per heavy atom. The van der Waals surface area contributed by atoms with Crippen LogP contribution >= 0.6 is 11.3 Å². The first-order valence-electron chi connectivity index (χ1n) is 6.08. The Labute approximate surface area is 116 Å². The highest BCUT2D eigenvalue weighted by Crippen LogP contribution is 2.25. The minimum Gasteiger partial charge on any atom is -0.496 e. The molecule has 0 atom stereocenters. The van der Waals surface area contributed by atoms with Crippen molar-refractivity contribution in [3.8, 4) is 5.75 Å². The lowest BCUT2D eigenvalue weighted by Crippen LogP contribution is -2.06. The van der Waals surface area contributed by atoms with Crippen LogP contribution in [-0.2, 0) is 24.1 Å². The van der Waals surface area contributed by atoms with Gasteiger partial charge in [0.05, 0.1) is 13.5 Å². The van der Waals surface area contributed by atoms with Gasteiger partial charge in [-0.2, -0.15) is 11.3 Å². The Hall–Kier alpha value is -1.81. The molecule has 0 saturated carbocycles. The maximum atomic E-state index is 10.9. The summed E-state index contributed by atoms with van der Waals surface area (Å²) in [5.41, 5.74) is 3.11. The van der Waals surface area contributed by atoms with Crippen molar-refractivity contribution in [1.29, 1.82) is 0 Å². The lowest BCUT2D eigenvalue weighted by Gasteiger charge is -2.12. The molecular weight excluding hydrogens is 260 g/mol. The first-order chi connectivity index (χ1) is 9.20. The summed E-state index contributed by atoms with van der Waals surface area (Å²) in [5, 5.41) is 13.1. The van der Waals surface area contributed by atoms with Crippen LogP contribution < -0.4 is 4.74 Å². The molecule has 1 aromatic carbocycles. The van der Waals surface area contributed by atoms with Crippen LogP contribution in [0.4, 0.5) is 0 Å². The van der Waals surface area contributed by atoms with E-state index in [0.717, 1.165) is 29.7 Å². The standard InChI is InChI=1S/C15H16O3S/c1-18-14-4-2-3-12(9-15(16)17)13(14)6-5-11-7-8-19-10-11/h2-4,7-8,10H,5-6,9H2,1H3,(H,16,17). The van der Waals surface area contributed by atoms with E-state index >= 15 is 0 Å². The van der Waals surface area contributed by atoms with E-state index in [0.29, 0.717) is 0 Å². The van der Waals surface area contributed by atoms with Crippen molar-refractivity contribution in [3.63, 3.8) is 0 Å². The monoisotopic (exact) mass is 276 g/mol. The molecule has 4 heteroatoms. The van der Waals surface area contributed by atoms with Gasteiger partial charge >= 0.3 is 5.97 Å². The number of hydrogen-bond acceptors (Lipinski definition) is 3. The summed E-state index contributed by atoms with van der Waals surface area (Å²) in [4.78, 5) is 10.9. The highest BCUT2D eigenvalue weighted by molar-refractivity contribution is 7.07. The fraction of sp³-hybridized carbons (Fsp3) is 0.267. The van der Waals surface area contributed by atoms with Crippen molar-refractivity contribution in [3.05, 3.63) is 51.7 Å². The quantitative estimate of drug-likeness (QED) is 0.881. The Bertz CT molecular complexity index is 547. The minimum atomic E-state index is -0.815. The molecule has 1 aromatic heterocycles. The average Bonchev–Trinajstić information content (AvgIpc) is 2.89. The Balaban J connectivity index is 2.22. The topological polar surface area (TPSA) is 46.5 Å². The summed E-state index contributed by atoms with van der Waals surface area (Å²) < 4.78 is 5.35. The van der Waals surface area contributed by atoms with E-state index in [1.54, 1.807) is 18.4 Å². The molecule has 1 heterocycles. The molecule has 19 heavy (non-hydrogen) atoms. The van der Waals surface area contributed by atoms with Crippen molar-refractivity contribution < 1.29 is 14.6 Å². The smallest absolute Gasteiger partial charge is 0.307 e. The first-order valence-corrected chi connectivity index (χ1v) is 7.02. The predicted octanol–water partition coefficient (Wildman–Crippen LogP) is 3.17. The van der Waals surface area contributed by atoms with Crippen LogP contribution in [0.3, 0.4) is 0 Å². The molecule has 2 aromatic rings. The van der Waals surface area contributed by atoms with E-state index < -0.39 is 5.97 Å². The number of carboxylic acid groups (broad SMARTS) is 1. The maximum Gasteiger partial charge on any atom is 0.307 e. The number of rotatable bonds is 6. The number of carboxylic acids is 1. The zero-order chi connectivity index (χ0) is 13.7. The molecule has 1 N–H and O–H groups in total. The van der Waals surface area contributed by atoms with Gasteiger partial charge in [0.15, 0.2) is 0 Å². The maximum absolute atomic E-state index is 10.9. The molecule has 0 radical (unpaired) electrons. The number of hydrogen-bond donors (Lipinski definition) is 1. The van der Waals surface area contributed by atoms with Gasteiger partial charge < -0.3 is 9.84 Å². The highest BCUT2D eigenvalue weighted by atomic mass is 32.1. The fourth-order valence-electron chi connectivity index (χ4n) is 2.12. The molecule has 2 rings (SSSR count). The number of aryl methyl sites for hydroxylation is 1. The van der Waals surface area contributed by atoms with Crippen molar-refractivity contribution in [1.82, 2.24) is 0 Å². The van der Waals surface area contributed by atoms with Crippen molar-refractivity contribution >= 4 is 17.3 Å². The molecule has 3 nitrogen and oxygen atoms in total. The molecule has 0 amide bonds. The van der Waals surface area contributed by atoms with Crippen LogP contribution in [-0.4, -0.2) is 18.2 Å². The van der Waals surface area contributed by atoms with E-state index in [1.807, 2.05) is 18.2 Å². The lowest BCUT2D eigenvalue weighted by molar-refractivity contribution is -0.136. The molecule has 0 fully saturated rings. The summed E-state index contributed by atoms with van der Waals surface area (Å²) in [5.74, 6) is -0.0426. The van der Waals surface area contributed by atoms with Gasteiger partial charge in [0.2, 0.25) is 0 Å². The molecule has 0 unspecified atom stereocenters. The molecule has 0 saturated heterocycles. The second-order valence-corrected chi connectivity index (χ2v) is 5.08. The van der Waals surface area contributed by atoms with Crippen LogP contribution in [0.1, 0.15) is 16.7 Å². The normalized spacial score (nSPS) is 10.4. The summed E-state index contributed by atoms with van der Waals surface area (Å²) in [6.07, 6.45) is 1.73. The third-order valence-corrected chi connectivity index (χ3v) is 3.77. The van der Waals surface area contributed by atoms with Crippen LogP contribution in [0.2, 0.25) is 0 Å². The van der Waals surface area contributed by atoms with Crippen LogP contribution in [0, 0.1) is 0 Å². The zero-order valence-corrected chi connectivity index (χ0v) is 11.6. The Kier molecular flexibility index (Phi) is 4.58. The predicted molar refractivity (Wildman–Crippen MR) is 76.1 cm³/mol. The Morgan fingerprint density at radius 3 is 2.79 bits per heavy atom. The van der Waals surface area contributed by atoms with Crippen molar-refractivity contribution in [2.75, 3.05) is 7.11 Å². The summed E-state index contributed by atoms with van der Waals surface area (Å²) >= 11 is 1.67. The first kappa shape index (κ1) is 13.6. The number of benzene rings is 1. The van der Waals surface area contributed by atoms with Crippen molar-refractivity contribution in [2.45, 2.75) is 19.3 Å². The van der Waals surface area contributed by atoms with Gasteiger partial charge in [-0.1, -0.05) is 12.1 Å².